The second-order valence-electron chi connectivity index (χ2n) is 5.84. The molecule has 0 amide bonds. The Hall–Kier alpha value is -0.520. The van der Waals surface area contributed by atoms with Gasteiger partial charge in [-0.15, -0.1) is 11.8 Å². The number of nitrogens with zero attached hydrogens (tertiary/aromatic N) is 1. The molecular formula is C15H26N2. The van der Waals surface area contributed by atoms with E-state index in [9.17, 15) is 0 Å². The summed E-state index contributed by atoms with van der Waals surface area (Å²) in [4.78, 5) is 2.68. The molecule has 2 atom stereocenters. The minimum absolute atomic E-state index is 0.698. The van der Waals surface area contributed by atoms with Crippen LogP contribution in [0.25, 0.3) is 0 Å². The van der Waals surface area contributed by atoms with Crippen molar-refractivity contribution in [1.82, 2.24) is 10.2 Å². The Labute approximate surface area is 106 Å². The van der Waals surface area contributed by atoms with E-state index in [1.807, 2.05) is 6.92 Å². The highest BCUT2D eigenvalue weighted by molar-refractivity contribution is 4.99. The smallest absolute Gasteiger partial charge is 0.0244 e. The highest BCUT2D eigenvalue weighted by Gasteiger charge is 2.37. The Kier molecular flexibility index (Phi) is 4.48. The Bertz CT molecular complexity index is 296. The highest BCUT2D eigenvalue weighted by atomic mass is 15.2. The first-order chi connectivity index (χ1) is 8.22. The standard InChI is InChI=1S/C15H26N2/c1-4-5-6-9-17-11-14(13-7-8-13)16-10-15(17)12(2)3/h12-16H,6-11H2,1-3H3. The molecule has 2 fully saturated rings. The van der Waals surface area contributed by atoms with Gasteiger partial charge in [0.25, 0.3) is 0 Å². The van der Waals surface area contributed by atoms with Gasteiger partial charge >= 0.3 is 0 Å². The van der Waals surface area contributed by atoms with Crippen LogP contribution in [0.5, 0.6) is 0 Å². The number of hydrogen-bond acceptors (Lipinski definition) is 2. The molecule has 0 aromatic rings. The summed E-state index contributed by atoms with van der Waals surface area (Å²) in [7, 11) is 0. The third kappa shape index (κ3) is 3.47. The lowest BCUT2D eigenvalue weighted by atomic mass is 9.97. The van der Waals surface area contributed by atoms with Gasteiger partial charge in [-0.05, 0) is 31.6 Å². The van der Waals surface area contributed by atoms with E-state index < -0.39 is 0 Å². The minimum Gasteiger partial charge on any atom is -0.311 e. The first-order valence-corrected chi connectivity index (χ1v) is 7.09. The van der Waals surface area contributed by atoms with E-state index in [1.165, 1.54) is 25.9 Å². The van der Waals surface area contributed by atoms with E-state index in [-0.39, 0.29) is 0 Å². The number of rotatable bonds is 4. The summed E-state index contributed by atoms with van der Waals surface area (Å²) in [5.41, 5.74) is 0. The van der Waals surface area contributed by atoms with Gasteiger partial charge < -0.3 is 5.32 Å². The predicted octanol–water partition coefficient (Wildman–Crippen LogP) is 2.11. The third-order valence-corrected chi connectivity index (χ3v) is 4.15. The van der Waals surface area contributed by atoms with Crippen molar-refractivity contribution in [3.8, 4) is 11.8 Å². The van der Waals surface area contributed by atoms with Gasteiger partial charge in [-0.25, -0.2) is 0 Å². The van der Waals surface area contributed by atoms with E-state index in [4.69, 9.17) is 0 Å². The summed E-state index contributed by atoms with van der Waals surface area (Å²) in [5.74, 6) is 7.90. The number of hydrogen-bond donors (Lipinski definition) is 1. The van der Waals surface area contributed by atoms with Crippen LogP contribution in [0.1, 0.15) is 40.0 Å². The van der Waals surface area contributed by atoms with E-state index in [2.05, 4.69) is 35.9 Å². The zero-order valence-corrected chi connectivity index (χ0v) is 11.5. The Balaban J connectivity index is 1.90. The lowest BCUT2D eigenvalue weighted by molar-refractivity contribution is 0.0947. The molecule has 0 bridgehead atoms. The van der Waals surface area contributed by atoms with Crippen LogP contribution in [-0.2, 0) is 0 Å². The normalized spacial score (nSPS) is 30.1. The van der Waals surface area contributed by atoms with E-state index in [0.29, 0.717) is 6.04 Å². The Morgan fingerprint density at radius 1 is 1.35 bits per heavy atom. The van der Waals surface area contributed by atoms with Crippen LogP contribution in [0.4, 0.5) is 0 Å². The summed E-state index contributed by atoms with van der Waals surface area (Å²) >= 11 is 0. The molecule has 2 unspecified atom stereocenters. The SMILES string of the molecule is CC#CCCN1CC(C2CC2)NCC1C(C)C. The van der Waals surface area contributed by atoms with Gasteiger partial charge in [0.15, 0.2) is 0 Å². The average Bonchev–Trinajstić information content (AvgIpc) is 3.13. The minimum atomic E-state index is 0.698. The zero-order valence-electron chi connectivity index (χ0n) is 11.5. The van der Waals surface area contributed by atoms with Gasteiger partial charge in [0, 0.05) is 38.1 Å². The largest absolute Gasteiger partial charge is 0.311 e. The van der Waals surface area contributed by atoms with Crippen molar-refractivity contribution in [2.24, 2.45) is 11.8 Å². The summed E-state index contributed by atoms with van der Waals surface area (Å²) < 4.78 is 0. The van der Waals surface area contributed by atoms with Gasteiger partial charge in [0.1, 0.15) is 0 Å². The van der Waals surface area contributed by atoms with E-state index in [0.717, 1.165) is 30.8 Å². The van der Waals surface area contributed by atoms with Gasteiger partial charge in [-0.3, -0.25) is 4.90 Å². The summed E-state index contributed by atoms with van der Waals surface area (Å²) in [6, 6.07) is 1.45. The second-order valence-corrected chi connectivity index (χ2v) is 5.84. The van der Waals surface area contributed by atoms with Gasteiger partial charge in [0.05, 0.1) is 0 Å². The molecule has 1 saturated carbocycles. The van der Waals surface area contributed by atoms with Crippen LogP contribution in [0.3, 0.4) is 0 Å². The van der Waals surface area contributed by atoms with Crippen LogP contribution in [-0.4, -0.2) is 36.6 Å². The molecule has 0 spiro atoms. The zero-order chi connectivity index (χ0) is 12.3. The van der Waals surface area contributed by atoms with E-state index in [1.54, 1.807) is 0 Å². The molecule has 1 aliphatic carbocycles. The molecular weight excluding hydrogens is 208 g/mol. The van der Waals surface area contributed by atoms with Crippen LogP contribution < -0.4 is 5.32 Å². The van der Waals surface area contributed by atoms with Crippen LogP contribution in [0.2, 0.25) is 0 Å². The van der Waals surface area contributed by atoms with Crippen molar-refractivity contribution in [3.63, 3.8) is 0 Å². The molecule has 0 radical (unpaired) electrons. The molecule has 2 aliphatic rings. The average molecular weight is 234 g/mol. The fourth-order valence-corrected chi connectivity index (χ4v) is 2.91. The second kappa shape index (κ2) is 5.89. The molecule has 1 heterocycles. The number of nitrogens with one attached hydrogen (secondary N) is 1. The molecule has 0 aromatic heterocycles. The molecule has 96 valence electrons. The fraction of sp³-hybridized carbons (Fsp3) is 0.867. The molecule has 2 nitrogen and oxygen atoms in total. The van der Waals surface area contributed by atoms with Crippen molar-refractivity contribution in [2.45, 2.75) is 52.1 Å². The molecule has 1 N–H and O–H groups in total. The summed E-state index contributed by atoms with van der Waals surface area (Å²) in [6.45, 7) is 10.2. The first kappa shape index (κ1) is 12.9. The molecule has 2 rings (SSSR count). The highest BCUT2D eigenvalue weighted by Crippen LogP contribution is 2.34. The lowest BCUT2D eigenvalue weighted by Crippen LogP contribution is -2.59. The van der Waals surface area contributed by atoms with Crippen molar-refractivity contribution >= 4 is 0 Å². The summed E-state index contributed by atoms with van der Waals surface area (Å²) in [5, 5.41) is 3.76. The topological polar surface area (TPSA) is 15.3 Å². The van der Waals surface area contributed by atoms with Crippen molar-refractivity contribution < 1.29 is 0 Å². The van der Waals surface area contributed by atoms with Crippen molar-refractivity contribution in [1.29, 1.82) is 0 Å². The van der Waals surface area contributed by atoms with Gasteiger partial charge in [-0.1, -0.05) is 13.8 Å². The van der Waals surface area contributed by atoms with Crippen LogP contribution in [0, 0.1) is 23.7 Å². The monoisotopic (exact) mass is 234 g/mol. The molecule has 2 heteroatoms. The van der Waals surface area contributed by atoms with Crippen molar-refractivity contribution in [2.75, 3.05) is 19.6 Å². The van der Waals surface area contributed by atoms with Crippen molar-refractivity contribution in [3.05, 3.63) is 0 Å². The first-order valence-electron chi connectivity index (χ1n) is 7.09. The fourth-order valence-electron chi connectivity index (χ4n) is 2.91. The van der Waals surface area contributed by atoms with Crippen LogP contribution in [0.15, 0.2) is 0 Å². The molecule has 1 aliphatic heterocycles. The van der Waals surface area contributed by atoms with E-state index >= 15 is 0 Å². The molecule has 17 heavy (non-hydrogen) atoms. The maximum atomic E-state index is 3.76. The molecule has 0 aromatic carbocycles. The lowest BCUT2D eigenvalue weighted by Gasteiger charge is -2.42. The number of piperazine rings is 1. The maximum absolute atomic E-state index is 3.76. The predicted molar refractivity (Wildman–Crippen MR) is 72.8 cm³/mol. The maximum Gasteiger partial charge on any atom is 0.0244 e. The summed E-state index contributed by atoms with van der Waals surface area (Å²) in [6.07, 6.45) is 3.90. The molecule has 1 saturated heterocycles. The Morgan fingerprint density at radius 2 is 2.12 bits per heavy atom. The third-order valence-electron chi connectivity index (χ3n) is 4.15. The quantitative estimate of drug-likeness (QED) is 0.750. The Morgan fingerprint density at radius 3 is 2.71 bits per heavy atom. The van der Waals surface area contributed by atoms with Gasteiger partial charge in [0.2, 0.25) is 0 Å². The van der Waals surface area contributed by atoms with Gasteiger partial charge in [-0.2, -0.15) is 0 Å². The van der Waals surface area contributed by atoms with Crippen LogP contribution >= 0.6 is 0 Å².